The molecule has 0 spiro atoms. The van der Waals surface area contributed by atoms with Gasteiger partial charge in [0.1, 0.15) is 27.7 Å². The second-order valence-corrected chi connectivity index (χ2v) is 12.7. The molecule has 13 heteroatoms. The van der Waals surface area contributed by atoms with Crippen molar-refractivity contribution in [1.29, 1.82) is 0 Å². The third-order valence-electron chi connectivity index (χ3n) is 7.29. The van der Waals surface area contributed by atoms with Crippen LogP contribution in [0.4, 0.5) is 4.79 Å². The van der Waals surface area contributed by atoms with Crippen molar-refractivity contribution in [2.45, 2.75) is 72.1 Å². The number of amides is 3. The molecule has 3 amide bonds. The van der Waals surface area contributed by atoms with Crippen LogP contribution in [0, 0.1) is 12.3 Å². The number of rotatable bonds is 11. The Hall–Kier alpha value is -3.71. The molecule has 0 aliphatic carbocycles. The fraction of sp³-hybridized carbons (Fsp3) is 0.483. The third-order valence-corrected chi connectivity index (χ3v) is 9.11. The zero-order valence-corrected chi connectivity index (χ0v) is 26.0. The normalized spacial score (nSPS) is 17.4. The van der Waals surface area contributed by atoms with E-state index in [-0.39, 0.29) is 18.5 Å². The number of thiazole rings is 1. The minimum atomic E-state index is -1.03. The lowest BCUT2D eigenvalue weighted by molar-refractivity contribution is -0.139. The Morgan fingerprint density at radius 3 is 2.57 bits per heavy atom. The van der Waals surface area contributed by atoms with Crippen LogP contribution in [0.25, 0.3) is 9.88 Å². The van der Waals surface area contributed by atoms with Crippen LogP contribution in [-0.4, -0.2) is 68.4 Å². The average molecular weight is 613 g/mol. The molecule has 2 aromatic heterocycles. The molecule has 42 heavy (non-hydrogen) atoms. The minimum Gasteiger partial charge on any atom is -0.444 e. The van der Waals surface area contributed by atoms with Crippen molar-refractivity contribution in [2.75, 3.05) is 13.1 Å². The van der Waals surface area contributed by atoms with Gasteiger partial charge in [-0.1, -0.05) is 68.4 Å². The SMILES string of the molecule is CCCC[C@H](NC(=O)O[C@@H]1CN(C(=O)c2csc(-c3snnc3C)n2)CC1(C)C)C(=O)C(=O)N[C@H](C)c1ccccc1. The Labute approximate surface area is 253 Å². The first kappa shape index (κ1) is 31.2. The van der Waals surface area contributed by atoms with Crippen molar-refractivity contribution in [2.24, 2.45) is 5.41 Å². The van der Waals surface area contributed by atoms with Crippen LogP contribution in [0.3, 0.4) is 0 Å². The van der Waals surface area contributed by atoms with Crippen molar-refractivity contribution in [3.05, 3.63) is 52.7 Å². The third kappa shape index (κ3) is 7.37. The summed E-state index contributed by atoms with van der Waals surface area (Å²) in [7, 11) is 0. The van der Waals surface area contributed by atoms with Crippen molar-refractivity contribution in [3.63, 3.8) is 0 Å². The number of aromatic nitrogens is 3. The Kier molecular flexibility index (Phi) is 10.0. The first-order chi connectivity index (χ1) is 20.0. The smallest absolute Gasteiger partial charge is 0.408 e. The van der Waals surface area contributed by atoms with Crippen molar-refractivity contribution in [3.8, 4) is 9.88 Å². The van der Waals surface area contributed by atoms with Gasteiger partial charge in [-0.05, 0) is 37.4 Å². The summed E-state index contributed by atoms with van der Waals surface area (Å²) in [5.74, 6) is -1.75. The number of Topliss-reactive ketones (excluding diaryl/α,β-unsaturated/α-hetero) is 1. The summed E-state index contributed by atoms with van der Waals surface area (Å²) in [6.07, 6.45) is 0.303. The fourth-order valence-electron chi connectivity index (χ4n) is 4.76. The van der Waals surface area contributed by atoms with E-state index < -0.39 is 35.3 Å². The molecule has 0 bridgehead atoms. The van der Waals surface area contributed by atoms with Crippen LogP contribution in [0.2, 0.25) is 0 Å². The Balaban J connectivity index is 1.37. The predicted octanol–water partition coefficient (Wildman–Crippen LogP) is 4.55. The molecule has 2 N–H and O–H groups in total. The highest BCUT2D eigenvalue weighted by Crippen LogP contribution is 2.34. The fourth-order valence-corrected chi connectivity index (χ4v) is 6.34. The maximum absolute atomic E-state index is 13.3. The number of carbonyl (C=O) groups is 4. The van der Waals surface area contributed by atoms with Crippen LogP contribution < -0.4 is 10.6 Å². The number of carbonyl (C=O) groups excluding carboxylic acids is 4. The minimum absolute atomic E-state index is 0.176. The van der Waals surface area contributed by atoms with Gasteiger partial charge in [0.2, 0.25) is 5.78 Å². The van der Waals surface area contributed by atoms with Gasteiger partial charge >= 0.3 is 6.09 Å². The van der Waals surface area contributed by atoms with Gasteiger partial charge in [0.25, 0.3) is 11.8 Å². The van der Waals surface area contributed by atoms with Crippen molar-refractivity contribution < 1.29 is 23.9 Å². The van der Waals surface area contributed by atoms with Gasteiger partial charge in [0.05, 0.1) is 18.3 Å². The second kappa shape index (κ2) is 13.5. The predicted molar refractivity (Wildman–Crippen MR) is 160 cm³/mol. The van der Waals surface area contributed by atoms with Gasteiger partial charge in [-0.3, -0.25) is 14.4 Å². The molecule has 11 nitrogen and oxygen atoms in total. The van der Waals surface area contributed by atoms with Crippen LogP contribution in [0.1, 0.15) is 74.7 Å². The maximum atomic E-state index is 13.3. The summed E-state index contributed by atoms with van der Waals surface area (Å²) in [6, 6.07) is 7.92. The number of unbranched alkanes of at least 4 members (excludes halogenated alkanes) is 1. The van der Waals surface area contributed by atoms with E-state index in [9.17, 15) is 19.2 Å². The first-order valence-corrected chi connectivity index (χ1v) is 15.6. The molecule has 1 aromatic carbocycles. The number of hydrogen-bond donors (Lipinski definition) is 2. The molecule has 4 rings (SSSR count). The van der Waals surface area contributed by atoms with E-state index in [0.29, 0.717) is 30.1 Å². The van der Waals surface area contributed by atoms with Gasteiger partial charge in [-0.2, -0.15) is 0 Å². The molecule has 3 aromatic rings. The van der Waals surface area contributed by atoms with E-state index in [2.05, 4.69) is 25.2 Å². The molecule has 1 aliphatic heterocycles. The number of likely N-dealkylation sites (tertiary alicyclic amines) is 1. The van der Waals surface area contributed by atoms with E-state index >= 15 is 0 Å². The largest absolute Gasteiger partial charge is 0.444 e. The van der Waals surface area contributed by atoms with Crippen molar-refractivity contribution >= 4 is 46.6 Å². The van der Waals surface area contributed by atoms with Gasteiger partial charge < -0.3 is 20.3 Å². The van der Waals surface area contributed by atoms with Gasteiger partial charge in [-0.15, -0.1) is 16.4 Å². The molecule has 0 unspecified atom stereocenters. The number of hydrogen-bond acceptors (Lipinski definition) is 10. The molecule has 224 valence electrons. The Morgan fingerprint density at radius 1 is 1.17 bits per heavy atom. The number of aryl methyl sites for hydroxylation is 1. The van der Waals surface area contributed by atoms with Gasteiger partial charge in [0.15, 0.2) is 0 Å². The van der Waals surface area contributed by atoms with Crippen LogP contribution in [-0.2, 0) is 14.3 Å². The summed E-state index contributed by atoms with van der Waals surface area (Å²) in [6.45, 7) is 9.96. The molecule has 0 radical (unpaired) electrons. The summed E-state index contributed by atoms with van der Waals surface area (Å²) in [4.78, 5) is 59.1. The second-order valence-electron chi connectivity index (χ2n) is 11.1. The molecule has 1 aliphatic rings. The van der Waals surface area contributed by atoms with E-state index in [1.54, 1.807) is 17.2 Å². The lowest BCUT2D eigenvalue weighted by Gasteiger charge is -2.26. The summed E-state index contributed by atoms with van der Waals surface area (Å²) >= 11 is 2.58. The quantitative estimate of drug-likeness (QED) is 0.300. The Bertz CT molecular complexity index is 1420. The molecular weight excluding hydrogens is 576 g/mol. The topological polar surface area (TPSA) is 143 Å². The number of nitrogens with zero attached hydrogens (tertiary/aromatic N) is 4. The molecule has 3 atom stereocenters. The van der Waals surface area contributed by atoms with Gasteiger partial charge in [0, 0.05) is 17.3 Å². The monoisotopic (exact) mass is 612 g/mol. The number of alkyl carbamates (subject to hydrolysis) is 1. The first-order valence-electron chi connectivity index (χ1n) is 13.9. The van der Waals surface area contributed by atoms with Crippen molar-refractivity contribution in [1.82, 2.24) is 30.1 Å². The maximum Gasteiger partial charge on any atom is 0.408 e. The number of ketones is 1. The van der Waals surface area contributed by atoms with E-state index in [4.69, 9.17) is 4.74 Å². The lowest BCUT2D eigenvalue weighted by atomic mass is 9.90. The number of benzene rings is 1. The lowest BCUT2D eigenvalue weighted by Crippen LogP contribution is -2.49. The zero-order chi connectivity index (χ0) is 30.4. The van der Waals surface area contributed by atoms with Gasteiger partial charge in [-0.25, -0.2) is 9.78 Å². The molecular formula is C29H36N6O5S2. The standard InChI is InChI=1S/C29H36N6O5S2/c1-6-7-13-20(23(36)25(37)30-17(2)19-11-9-8-10-12-19)32-28(39)40-22-14-35(16-29(22,4)5)27(38)21-15-41-26(31-21)24-18(3)33-34-42-24/h8-12,15,17,20,22H,6-7,13-14,16H2,1-5H3,(H,30,37)(H,32,39)/t17-,20+,22-/m1/s1. The van der Waals surface area contributed by atoms with E-state index in [0.717, 1.165) is 22.6 Å². The number of ether oxygens (including phenoxy) is 1. The molecule has 1 fully saturated rings. The highest BCUT2D eigenvalue weighted by molar-refractivity contribution is 7.18. The molecule has 3 heterocycles. The van der Waals surface area contributed by atoms with Crippen LogP contribution in [0.15, 0.2) is 35.7 Å². The zero-order valence-electron chi connectivity index (χ0n) is 24.4. The summed E-state index contributed by atoms with van der Waals surface area (Å²) in [5, 5.41) is 11.7. The van der Waals surface area contributed by atoms with E-state index in [1.165, 1.54) is 22.9 Å². The van der Waals surface area contributed by atoms with Crippen LogP contribution >= 0.6 is 22.9 Å². The van der Waals surface area contributed by atoms with E-state index in [1.807, 2.05) is 58.0 Å². The Morgan fingerprint density at radius 2 is 1.90 bits per heavy atom. The molecule has 0 saturated carbocycles. The highest BCUT2D eigenvalue weighted by Gasteiger charge is 2.45. The molecule has 1 saturated heterocycles. The summed E-state index contributed by atoms with van der Waals surface area (Å²) in [5.41, 5.74) is 1.39. The highest BCUT2D eigenvalue weighted by atomic mass is 32.1. The summed E-state index contributed by atoms with van der Waals surface area (Å²) < 4.78 is 9.69. The van der Waals surface area contributed by atoms with Crippen LogP contribution in [0.5, 0.6) is 0 Å². The average Bonchev–Trinajstić information content (AvgIpc) is 3.69. The number of nitrogens with one attached hydrogen (secondary N) is 2.